The third-order valence-electron chi connectivity index (χ3n) is 2.78. The van der Waals surface area contributed by atoms with E-state index in [9.17, 15) is 14.9 Å². The van der Waals surface area contributed by atoms with Crippen molar-refractivity contribution in [2.75, 3.05) is 6.61 Å². The predicted octanol–water partition coefficient (Wildman–Crippen LogP) is 2.21. The second-order valence-electron chi connectivity index (χ2n) is 4.29. The summed E-state index contributed by atoms with van der Waals surface area (Å²) in [5.41, 5.74) is -0.229. The fraction of sp³-hybridized carbons (Fsp3) is 0.214. The minimum Gasteiger partial charge on any atom is -0.396 e. The van der Waals surface area contributed by atoms with Crippen molar-refractivity contribution < 1.29 is 10.0 Å². The predicted molar refractivity (Wildman–Crippen MR) is 79.4 cm³/mol. The van der Waals surface area contributed by atoms with E-state index in [-0.39, 0.29) is 22.8 Å². The van der Waals surface area contributed by atoms with Gasteiger partial charge in [-0.1, -0.05) is 23.4 Å². The van der Waals surface area contributed by atoms with Crippen LogP contribution in [0.15, 0.2) is 23.0 Å². The number of H-pyrrole nitrogens is 1. The first-order chi connectivity index (χ1) is 10.0. The minimum atomic E-state index is -0.578. The maximum Gasteiger partial charge on any atom is 0.294 e. The summed E-state index contributed by atoms with van der Waals surface area (Å²) in [6.07, 6.45) is 1.04. The Hall–Kier alpha value is -2.36. The molecule has 0 saturated carbocycles. The largest absolute Gasteiger partial charge is 0.396 e. The molecule has 6 nitrogen and oxygen atoms in total. The van der Waals surface area contributed by atoms with E-state index in [1.54, 1.807) is 6.07 Å². The maximum atomic E-state index is 11.5. The van der Waals surface area contributed by atoms with Gasteiger partial charge >= 0.3 is 0 Å². The number of rotatable bonds is 3. The van der Waals surface area contributed by atoms with Crippen LogP contribution >= 0.6 is 11.6 Å². The zero-order chi connectivity index (χ0) is 15.4. The SMILES string of the molecule is O=c1[nH]c2c([N+](=O)[O-])cc(C#CCCCO)cc2cc1Cl. The molecule has 0 spiro atoms. The summed E-state index contributed by atoms with van der Waals surface area (Å²) in [4.78, 5) is 24.4. The Labute approximate surface area is 124 Å². The Morgan fingerprint density at radius 3 is 2.81 bits per heavy atom. The van der Waals surface area contributed by atoms with Gasteiger partial charge in [-0.2, -0.15) is 0 Å². The average Bonchev–Trinajstić information content (AvgIpc) is 2.44. The molecule has 0 radical (unpaired) electrons. The number of pyridine rings is 1. The van der Waals surface area contributed by atoms with Crippen LogP contribution in [0, 0.1) is 22.0 Å². The number of aromatic amines is 1. The quantitative estimate of drug-likeness (QED) is 0.393. The highest BCUT2D eigenvalue weighted by Crippen LogP contribution is 2.25. The molecule has 1 heterocycles. The van der Waals surface area contributed by atoms with Crippen LogP contribution in [0.1, 0.15) is 18.4 Å². The number of nitro groups is 1. The van der Waals surface area contributed by atoms with E-state index < -0.39 is 10.5 Å². The number of halogens is 1. The number of aliphatic hydroxyl groups excluding tert-OH is 1. The molecule has 0 aliphatic heterocycles. The van der Waals surface area contributed by atoms with Crippen LogP contribution in [0.3, 0.4) is 0 Å². The number of unbranched alkanes of at least 4 members (excludes halogenated alkanes) is 1. The fourth-order valence-electron chi connectivity index (χ4n) is 1.82. The second-order valence-corrected chi connectivity index (χ2v) is 4.70. The summed E-state index contributed by atoms with van der Waals surface area (Å²) in [7, 11) is 0. The molecular formula is C14H11ClN2O4. The zero-order valence-electron chi connectivity index (χ0n) is 10.9. The average molecular weight is 307 g/mol. The van der Waals surface area contributed by atoms with Crippen LogP contribution in [0.4, 0.5) is 5.69 Å². The number of aliphatic hydroxyl groups is 1. The van der Waals surface area contributed by atoms with Gasteiger partial charge in [0.25, 0.3) is 11.2 Å². The molecule has 2 N–H and O–H groups in total. The van der Waals surface area contributed by atoms with Crippen LogP contribution < -0.4 is 5.56 Å². The second kappa shape index (κ2) is 6.39. The van der Waals surface area contributed by atoms with E-state index >= 15 is 0 Å². The molecule has 0 unspecified atom stereocenters. The Bertz CT molecular complexity index is 817. The van der Waals surface area contributed by atoms with Crippen molar-refractivity contribution in [1.82, 2.24) is 4.98 Å². The van der Waals surface area contributed by atoms with Crippen molar-refractivity contribution in [3.63, 3.8) is 0 Å². The third kappa shape index (κ3) is 3.40. The van der Waals surface area contributed by atoms with Gasteiger partial charge in [-0.3, -0.25) is 14.9 Å². The lowest BCUT2D eigenvalue weighted by Gasteiger charge is -2.01. The molecule has 0 aliphatic carbocycles. The Balaban J connectivity index is 2.59. The van der Waals surface area contributed by atoms with Gasteiger partial charge in [0.1, 0.15) is 10.5 Å². The van der Waals surface area contributed by atoms with E-state index in [2.05, 4.69) is 16.8 Å². The van der Waals surface area contributed by atoms with Gasteiger partial charge in [0.15, 0.2) is 0 Å². The fourth-order valence-corrected chi connectivity index (χ4v) is 1.99. The number of aromatic nitrogens is 1. The van der Waals surface area contributed by atoms with Crippen molar-refractivity contribution in [3.8, 4) is 11.8 Å². The van der Waals surface area contributed by atoms with Crippen molar-refractivity contribution in [2.24, 2.45) is 0 Å². The molecule has 0 atom stereocenters. The topological polar surface area (TPSA) is 96.2 Å². The van der Waals surface area contributed by atoms with Crippen molar-refractivity contribution in [2.45, 2.75) is 12.8 Å². The molecule has 21 heavy (non-hydrogen) atoms. The molecule has 0 bridgehead atoms. The molecule has 0 aliphatic rings. The lowest BCUT2D eigenvalue weighted by atomic mass is 10.1. The van der Waals surface area contributed by atoms with Crippen LogP contribution in [0.25, 0.3) is 10.9 Å². The third-order valence-corrected chi connectivity index (χ3v) is 3.06. The monoisotopic (exact) mass is 306 g/mol. The summed E-state index contributed by atoms with van der Waals surface area (Å²) >= 11 is 5.74. The van der Waals surface area contributed by atoms with Gasteiger partial charge in [-0.15, -0.1) is 0 Å². The summed E-state index contributed by atoms with van der Waals surface area (Å²) in [6, 6.07) is 4.30. The highest BCUT2D eigenvalue weighted by molar-refractivity contribution is 6.31. The van der Waals surface area contributed by atoms with E-state index in [0.29, 0.717) is 23.8 Å². The maximum absolute atomic E-state index is 11.5. The van der Waals surface area contributed by atoms with Gasteiger partial charge in [0.05, 0.1) is 4.92 Å². The summed E-state index contributed by atoms with van der Waals surface area (Å²) in [6.45, 7) is 0.0450. The van der Waals surface area contributed by atoms with Gasteiger partial charge in [-0.25, -0.2) is 0 Å². The zero-order valence-corrected chi connectivity index (χ0v) is 11.6. The van der Waals surface area contributed by atoms with E-state index in [1.807, 2.05) is 0 Å². The molecule has 108 valence electrons. The first-order valence-corrected chi connectivity index (χ1v) is 6.51. The van der Waals surface area contributed by atoms with Gasteiger partial charge in [0.2, 0.25) is 0 Å². The van der Waals surface area contributed by atoms with Crippen molar-refractivity contribution >= 4 is 28.2 Å². The lowest BCUT2D eigenvalue weighted by Crippen LogP contribution is -2.07. The summed E-state index contributed by atoms with van der Waals surface area (Å²) < 4.78 is 0. The molecule has 0 amide bonds. The molecule has 2 aromatic rings. The molecule has 1 aromatic carbocycles. The van der Waals surface area contributed by atoms with Crippen LogP contribution in [-0.4, -0.2) is 21.6 Å². The number of nitro benzene ring substituents is 1. The van der Waals surface area contributed by atoms with Crippen LogP contribution in [-0.2, 0) is 0 Å². The number of fused-ring (bicyclic) bond motifs is 1. The number of hydrogen-bond acceptors (Lipinski definition) is 4. The minimum absolute atomic E-state index is 0.0396. The molecule has 0 saturated heterocycles. The van der Waals surface area contributed by atoms with Crippen molar-refractivity contribution in [1.29, 1.82) is 0 Å². The first kappa shape index (κ1) is 15.0. The highest BCUT2D eigenvalue weighted by Gasteiger charge is 2.15. The standard InChI is InChI=1S/C14H11ClN2O4/c15-11-8-10-6-9(4-2-1-3-5-18)7-12(17(20)21)13(10)16-14(11)19/h6-8,18H,1,3,5H2,(H,16,19). The van der Waals surface area contributed by atoms with E-state index in [4.69, 9.17) is 16.7 Å². The van der Waals surface area contributed by atoms with Gasteiger partial charge < -0.3 is 10.1 Å². The number of nitrogens with one attached hydrogen (secondary N) is 1. The normalized spacial score (nSPS) is 10.2. The highest BCUT2D eigenvalue weighted by atomic mass is 35.5. The van der Waals surface area contributed by atoms with E-state index in [0.717, 1.165) is 0 Å². The Morgan fingerprint density at radius 2 is 2.14 bits per heavy atom. The summed E-state index contributed by atoms with van der Waals surface area (Å²) in [5, 5.41) is 20.2. The molecule has 1 aromatic heterocycles. The Morgan fingerprint density at radius 1 is 1.38 bits per heavy atom. The van der Waals surface area contributed by atoms with Crippen LogP contribution in [0.2, 0.25) is 5.02 Å². The smallest absolute Gasteiger partial charge is 0.294 e. The number of nitrogens with zero attached hydrogens (tertiary/aromatic N) is 1. The lowest BCUT2D eigenvalue weighted by molar-refractivity contribution is -0.383. The molecule has 7 heteroatoms. The van der Waals surface area contributed by atoms with Gasteiger partial charge in [0, 0.05) is 30.0 Å². The number of hydrogen-bond donors (Lipinski definition) is 2. The molecule has 0 fully saturated rings. The van der Waals surface area contributed by atoms with Crippen molar-refractivity contribution in [3.05, 3.63) is 49.3 Å². The van der Waals surface area contributed by atoms with Gasteiger partial charge in [-0.05, 0) is 18.6 Å². The number of benzene rings is 1. The molecular weight excluding hydrogens is 296 g/mol. The van der Waals surface area contributed by atoms with Crippen LogP contribution in [0.5, 0.6) is 0 Å². The first-order valence-electron chi connectivity index (χ1n) is 6.13. The summed E-state index contributed by atoms with van der Waals surface area (Å²) in [5.74, 6) is 5.62. The Kier molecular flexibility index (Phi) is 4.58. The van der Waals surface area contributed by atoms with E-state index in [1.165, 1.54) is 12.1 Å². The molecule has 2 rings (SSSR count). The number of non-ortho nitro benzene ring substituents is 1.